The van der Waals surface area contributed by atoms with Crippen molar-refractivity contribution in [3.63, 3.8) is 0 Å². The molecule has 0 fully saturated rings. The van der Waals surface area contributed by atoms with Crippen molar-refractivity contribution in [3.8, 4) is 0 Å². The number of thioether (sulfide) groups is 1. The summed E-state index contributed by atoms with van der Waals surface area (Å²) in [6, 6.07) is 20.2. The third kappa shape index (κ3) is 5.22. The van der Waals surface area contributed by atoms with Crippen LogP contribution in [0.25, 0.3) is 0 Å². The Morgan fingerprint density at radius 2 is 1.67 bits per heavy atom. The molecule has 2 heteroatoms. The standard InChI is InChI=1S/C19H25NS/c1-3-8-16-11-13-17(14-12-16)19(20-4-2)15-21-18-9-6-5-7-10-18/h5-7,9-14,19-20H,3-4,8,15H2,1-2H3. The van der Waals surface area contributed by atoms with E-state index in [0.717, 1.165) is 12.3 Å². The quantitative estimate of drug-likeness (QED) is 0.682. The van der Waals surface area contributed by atoms with Gasteiger partial charge in [-0.2, -0.15) is 0 Å². The molecule has 0 bridgehead atoms. The fraction of sp³-hybridized carbons (Fsp3) is 0.368. The molecule has 1 nitrogen and oxygen atoms in total. The Balaban J connectivity index is 2.00. The topological polar surface area (TPSA) is 12.0 Å². The lowest BCUT2D eigenvalue weighted by molar-refractivity contribution is 0.606. The first-order valence-electron chi connectivity index (χ1n) is 7.83. The molecule has 0 radical (unpaired) electrons. The summed E-state index contributed by atoms with van der Waals surface area (Å²) >= 11 is 1.92. The van der Waals surface area contributed by atoms with Crippen LogP contribution in [0.15, 0.2) is 59.5 Å². The highest BCUT2D eigenvalue weighted by Crippen LogP contribution is 2.25. The van der Waals surface area contributed by atoms with Crippen molar-refractivity contribution >= 4 is 11.8 Å². The average Bonchev–Trinajstić information content (AvgIpc) is 2.54. The van der Waals surface area contributed by atoms with E-state index in [9.17, 15) is 0 Å². The first-order chi connectivity index (χ1) is 10.3. The highest BCUT2D eigenvalue weighted by molar-refractivity contribution is 7.99. The van der Waals surface area contributed by atoms with Gasteiger partial charge in [0.05, 0.1) is 0 Å². The second-order valence-corrected chi connectivity index (χ2v) is 6.32. The van der Waals surface area contributed by atoms with Crippen molar-refractivity contribution in [2.24, 2.45) is 0 Å². The molecule has 0 aliphatic heterocycles. The van der Waals surface area contributed by atoms with Crippen molar-refractivity contribution in [2.45, 2.75) is 37.6 Å². The maximum absolute atomic E-state index is 3.60. The first kappa shape index (κ1) is 16.1. The lowest BCUT2D eigenvalue weighted by Crippen LogP contribution is -2.22. The predicted molar refractivity (Wildman–Crippen MR) is 94.0 cm³/mol. The summed E-state index contributed by atoms with van der Waals surface area (Å²) in [6.45, 7) is 5.40. The molecule has 2 aromatic carbocycles. The van der Waals surface area contributed by atoms with Gasteiger partial charge in [-0.3, -0.25) is 0 Å². The van der Waals surface area contributed by atoms with Gasteiger partial charge < -0.3 is 5.32 Å². The lowest BCUT2D eigenvalue weighted by Gasteiger charge is -2.18. The largest absolute Gasteiger partial charge is 0.309 e. The number of benzene rings is 2. The van der Waals surface area contributed by atoms with Crippen LogP contribution in [0.1, 0.15) is 37.4 Å². The predicted octanol–water partition coefficient (Wildman–Crippen LogP) is 5.08. The van der Waals surface area contributed by atoms with Crippen LogP contribution in [0.5, 0.6) is 0 Å². The number of hydrogen-bond acceptors (Lipinski definition) is 2. The normalized spacial score (nSPS) is 12.3. The zero-order chi connectivity index (χ0) is 14.9. The zero-order valence-corrected chi connectivity index (χ0v) is 13.8. The zero-order valence-electron chi connectivity index (χ0n) is 13.0. The van der Waals surface area contributed by atoms with E-state index in [4.69, 9.17) is 0 Å². The number of nitrogens with one attached hydrogen (secondary N) is 1. The van der Waals surface area contributed by atoms with E-state index in [0.29, 0.717) is 6.04 Å². The van der Waals surface area contributed by atoms with E-state index in [2.05, 4.69) is 73.8 Å². The molecule has 1 unspecified atom stereocenters. The summed E-state index contributed by atoms with van der Waals surface area (Å²) in [5.41, 5.74) is 2.83. The molecule has 0 aliphatic carbocycles. The van der Waals surface area contributed by atoms with Gasteiger partial charge in [0.15, 0.2) is 0 Å². The van der Waals surface area contributed by atoms with Crippen molar-refractivity contribution in [1.82, 2.24) is 5.32 Å². The van der Waals surface area contributed by atoms with Gasteiger partial charge in [0.25, 0.3) is 0 Å². The van der Waals surface area contributed by atoms with Gasteiger partial charge in [0.2, 0.25) is 0 Å². The minimum Gasteiger partial charge on any atom is -0.309 e. The lowest BCUT2D eigenvalue weighted by atomic mass is 10.0. The van der Waals surface area contributed by atoms with Crippen LogP contribution in [0.4, 0.5) is 0 Å². The van der Waals surface area contributed by atoms with Crippen LogP contribution in [0, 0.1) is 0 Å². The molecule has 0 heterocycles. The molecule has 2 aromatic rings. The third-order valence-electron chi connectivity index (χ3n) is 3.53. The van der Waals surface area contributed by atoms with Gasteiger partial charge in [-0.15, -0.1) is 11.8 Å². The van der Waals surface area contributed by atoms with Gasteiger partial charge in [0.1, 0.15) is 0 Å². The molecule has 1 N–H and O–H groups in total. The molecule has 0 saturated heterocycles. The maximum atomic E-state index is 3.60. The highest BCUT2D eigenvalue weighted by Gasteiger charge is 2.10. The van der Waals surface area contributed by atoms with E-state index in [1.165, 1.54) is 28.9 Å². The van der Waals surface area contributed by atoms with Crippen LogP contribution in [0.3, 0.4) is 0 Å². The summed E-state index contributed by atoms with van der Waals surface area (Å²) in [4.78, 5) is 1.34. The SMILES string of the molecule is CCCc1ccc(C(CSc2ccccc2)NCC)cc1. The Morgan fingerprint density at radius 3 is 2.29 bits per heavy atom. The second-order valence-electron chi connectivity index (χ2n) is 5.23. The summed E-state index contributed by atoms with van der Waals surface area (Å²) < 4.78 is 0. The third-order valence-corrected chi connectivity index (χ3v) is 4.64. The smallest absolute Gasteiger partial charge is 0.0415 e. The van der Waals surface area contributed by atoms with Crippen LogP contribution < -0.4 is 5.32 Å². The fourth-order valence-electron chi connectivity index (χ4n) is 2.42. The summed E-state index contributed by atoms with van der Waals surface area (Å²) in [5, 5.41) is 3.60. The van der Waals surface area contributed by atoms with Crippen molar-refractivity contribution in [3.05, 3.63) is 65.7 Å². The minimum atomic E-state index is 0.413. The van der Waals surface area contributed by atoms with E-state index in [-0.39, 0.29) is 0 Å². The first-order valence-corrected chi connectivity index (χ1v) is 8.82. The number of aryl methyl sites for hydroxylation is 1. The summed E-state index contributed by atoms with van der Waals surface area (Å²) in [6.07, 6.45) is 2.38. The minimum absolute atomic E-state index is 0.413. The van der Waals surface area contributed by atoms with Crippen LogP contribution in [0.2, 0.25) is 0 Å². The Morgan fingerprint density at radius 1 is 0.952 bits per heavy atom. The molecular weight excluding hydrogens is 274 g/mol. The number of hydrogen-bond donors (Lipinski definition) is 1. The number of rotatable bonds is 8. The van der Waals surface area contributed by atoms with Gasteiger partial charge in [-0.25, -0.2) is 0 Å². The molecule has 0 spiro atoms. The van der Waals surface area contributed by atoms with Gasteiger partial charge in [0, 0.05) is 16.7 Å². The molecule has 0 amide bonds. The van der Waals surface area contributed by atoms with E-state index in [1.807, 2.05) is 11.8 Å². The molecule has 0 saturated carbocycles. The monoisotopic (exact) mass is 299 g/mol. The van der Waals surface area contributed by atoms with Gasteiger partial charge >= 0.3 is 0 Å². The summed E-state index contributed by atoms with van der Waals surface area (Å²) in [7, 11) is 0. The Kier molecular flexibility index (Phi) is 6.84. The van der Waals surface area contributed by atoms with Crippen LogP contribution in [-0.4, -0.2) is 12.3 Å². The molecule has 112 valence electrons. The molecule has 0 aromatic heterocycles. The second kappa shape index (κ2) is 8.91. The maximum Gasteiger partial charge on any atom is 0.0415 e. The molecule has 2 rings (SSSR count). The van der Waals surface area contributed by atoms with Gasteiger partial charge in [-0.1, -0.05) is 62.7 Å². The van der Waals surface area contributed by atoms with Crippen LogP contribution >= 0.6 is 11.8 Å². The molecular formula is C19H25NS. The van der Waals surface area contributed by atoms with Crippen LogP contribution in [-0.2, 0) is 6.42 Å². The van der Waals surface area contributed by atoms with Crippen molar-refractivity contribution < 1.29 is 0 Å². The Labute approximate surface area is 133 Å². The van der Waals surface area contributed by atoms with Crippen molar-refractivity contribution in [2.75, 3.05) is 12.3 Å². The van der Waals surface area contributed by atoms with E-state index < -0.39 is 0 Å². The van der Waals surface area contributed by atoms with Crippen molar-refractivity contribution in [1.29, 1.82) is 0 Å². The van der Waals surface area contributed by atoms with E-state index >= 15 is 0 Å². The molecule has 0 aliphatic rings. The highest BCUT2D eigenvalue weighted by atomic mass is 32.2. The van der Waals surface area contributed by atoms with Gasteiger partial charge in [-0.05, 0) is 36.2 Å². The summed E-state index contributed by atoms with van der Waals surface area (Å²) in [5.74, 6) is 1.06. The Bertz CT molecular complexity index is 507. The molecule has 1 atom stereocenters. The fourth-order valence-corrected chi connectivity index (χ4v) is 3.44. The average molecular weight is 299 g/mol. The molecule has 21 heavy (non-hydrogen) atoms. The Hall–Kier alpha value is -1.25. The van der Waals surface area contributed by atoms with E-state index in [1.54, 1.807) is 0 Å².